The lowest BCUT2D eigenvalue weighted by Gasteiger charge is -2.10. The van der Waals surface area contributed by atoms with Crippen molar-refractivity contribution in [3.8, 4) is 0 Å². The summed E-state index contributed by atoms with van der Waals surface area (Å²) in [5.41, 5.74) is 0. The minimum absolute atomic E-state index is 0.164. The summed E-state index contributed by atoms with van der Waals surface area (Å²) in [4.78, 5) is 32.9. The van der Waals surface area contributed by atoms with Crippen molar-refractivity contribution in [2.45, 2.75) is 19.8 Å². The molecule has 0 saturated heterocycles. The van der Waals surface area contributed by atoms with Crippen LogP contribution in [0.25, 0.3) is 0 Å². The minimum Gasteiger partial charge on any atom is -0.469 e. The van der Waals surface area contributed by atoms with Gasteiger partial charge in [-0.05, 0) is 6.42 Å². The van der Waals surface area contributed by atoms with E-state index in [0.717, 1.165) is 6.08 Å². The molecule has 0 fully saturated rings. The molecule has 0 aromatic heterocycles. The lowest BCUT2D eigenvalue weighted by atomic mass is 10.0. The Morgan fingerprint density at radius 3 is 2.40 bits per heavy atom. The van der Waals surface area contributed by atoms with Crippen LogP contribution in [-0.4, -0.2) is 25.0 Å². The number of rotatable bonds is 5. The second-order valence-corrected chi connectivity index (χ2v) is 2.83. The molecule has 84 valence electrons. The van der Waals surface area contributed by atoms with Crippen molar-refractivity contribution in [2.75, 3.05) is 7.11 Å². The molecule has 5 heteroatoms. The molecule has 0 aromatic rings. The summed E-state index contributed by atoms with van der Waals surface area (Å²) in [5.74, 6) is -2.63. The van der Waals surface area contributed by atoms with Crippen LogP contribution in [0.5, 0.6) is 0 Å². The second kappa shape index (κ2) is 6.75. The summed E-state index contributed by atoms with van der Waals surface area (Å²) in [6, 6.07) is 0. The van der Waals surface area contributed by atoms with Gasteiger partial charge in [-0.3, -0.25) is 9.59 Å². The van der Waals surface area contributed by atoms with Crippen molar-refractivity contribution in [3.63, 3.8) is 0 Å². The second-order valence-electron chi connectivity index (χ2n) is 2.83. The maximum absolute atomic E-state index is 11.1. The Balaban J connectivity index is 4.18. The van der Waals surface area contributed by atoms with E-state index in [1.807, 2.05) is 0 Å². The first-order valence-electron chi connectivity index (χ1n) is 4.50. The average Bonchev–Trinajstić information content (AvgIpc) is 2.24. The molecule has 1 unspecified atom stereocenters. The molecule has 0 heterocycles. The van der Waals surface area contributed by atoms with Gasteiger partial charge >= 0.3 is 17.9 Å². The molecule has 5 nitrogen and oxygen atoms in total. The molecular formula is C10H14O5. The van der Waals surface area contributed by atoms with E-state index in [1.54, 1.807) is 6.92 Å². The van der Waals surface area contributed by atoms with E-state index < -0.39 is 23.8 Å². The Hall–Kier alpha value is -1.65. The van der Waals surface area contributed by atoms with Gasteiger partial charge < -0.3 is 9.47 Å². The number of esters is 3. The van der Waals surface area contributed by atoms with E-state index in [0.29, 0.717) is 6.42 Å². The summed E-state index contributed by atoms with van der Waals surface area (Å²) in [6.45, 7) is 4.89. The fourth-order valence-corrected chi connectivity index (χ4v) is 0.958. The third kappa shape index (κ3) is 4.95. The fourth-order valence-electron chi connectivity index (χ4n) is 0.958. The first-order valence-corrected chi connectivity index (χ1v) is 4.50. The smallest absolute Gasteiger partial charge is 0.337 e. The molecule has 0 N–H and O–H groups in total. The molecule has 0 amide bonds. The first kappa shape index (κ1) is 13.4. The summed E-state index contributed by atoms with van der Waals surface area (Å²) >= 11 is 0. The van der Waals surface area contributed by atoms with Gasteiger partial charge in [0.2, 0.25) is 0 Å². The number of methoxy groups -OCH3 is 1. The number of carbonyl (C=O) groups excluding carboxylic acids is 3. The minimum atomic E-state index is -0.820. The van der Waals surface area contributed by atoms with Crippen LogP contribution in [0.1, 0.15) is 19.8 Å². The van der Waals surface area contributed by atoms with E-state index in [4.69, 9.17) is 0 Å². The van der Waals surface area contributed by atoms with Gasteiger partial charge in [0, 0.05) is 6.08 Å². The third-order valence-corrected chi connectivity index (χ3v) is 1.82. The zero-order valence-electron chi connectivity index (χ0n) is 8.82. The van der Waals surface area contributed by atoms with Gasteiger partial charge in [-0.2, -0.15) is 0 Å². The Kier molecular flexibility index (Phi) is 6.01. The molecule has 0 rings (SSSR count). The number of carbonyl (C=O) groups is 3. The zero-order valence-corrected chi connectivity index (χ0v) is 8.82. The van der Waals surface area contributed by atoms with E-state index >= 15 is 0 Å². The first-order chi connectivity index (χ1) is 7.04. The Bertz CT molecular complexity index is 269. The number of hydrogen-bond donors (Lipinski definition) is 0. The van der Waals surface area contributed by atoms with Crippen LogP contribution in [-0.2, 0) is 23.9 Å². The Labute approximate surface area is 88.0 Å². The van der Waals surface area contributed by atoms with Crippen molar-refractivity contribution in [1.82, 2.24) is 0 Å². The normalized spacial score (nSPS) is 11.3. The van der Waals surface area contributed by atoms with Gasteiger partial charge in [0.15, 0.2) is 0 Å². The zero-order chi connectivity index (χ0) is 11.8. The van der Waals surface area contributed by atoms with Crippen LogP contribution in [0.3, 0.4) is 0 Å². The molecule has 0 aliphatic carbocycles. The van der Waals surface area contributed by atoms with Crippen LogP contribution in [0.15, 0.2) is 12.7 Å². The number of ether oxygens (including phenoxy) is 2. The highest BCUT2D eigenvalue weighted by Gasteiger charge is 2.22. The van der Waals surface area contributed by atoms with Gasteiger partial charge in [0.05, 0.1) is 19.4 Å². The summed E-state index contributed by atoms with van der Waals surface area (Å²) in [5, 5.41) is 0. The molecule has 0 spiro atoms. The summed E-state index contributed by atoms with van der Waals surface area (Å²) in [7, 11) is 1.24. The lowest BCUT2D eigenvalue weighted by Crippen LogP contribution is -2.21. The van der Waals surface area contributed by atoms with Gasteiger partial charge in [0.1, 0.15) is 0 Å². The van der Waals surface area contributed by atoms with Gasteiger partial charge in [-0.15, -0.1) is 0 Å². The maximum atomic E-state index is 11.1. The van der Waals surface area contributed by atoms with Crippen molar-refractivity contribution in [1.29, 1.82) is 0 Å². The van der Waals surface area contributed by atoms with Gasteiger partial charge in [0.25, 0.3) is 0 Å². The van der Waals surface area contributed by atoms with Gasteiger partial charge in [-0.25, -0.2) is 4.79 Å². The number of hydrogen-bond acceptors (Lipinski definition) is 5. The fraction of sp³-hybridized carbons (Fsp3) is 0.500. The van der Waals surface area contributed by atoms with E-state index in [1.165, 1.54) is 7.11 Å². The largest absolute Gasteiger partial charge is 0.469 e. The molecule has 0 aliphatic heterocycles. The highest BCUT2D eigenvalue weighted by molar-refractivity contribution is 5.92. The highest BCUT2D eigenvalue weighted by Crippen LogP contribution is 2.11. The summed E-state index contributed by atoms with van der Waals surface area (Å²) < 4.78 is 8.81. The van der Waals surface area contributed by atoms with E-state index in [9.17, 15) is 14.4 Å². The Morgan fingerprint density at radius 2 is 2.00 bits per heavy atom. The van der Waals surface area contributed by atoms with E-state index in [2.05, 4.69) is 16.1 Å². The van der Waals surface area contributed by atoms with Crippen molar-refractivity contribution < 1.29 is 23.9 Å². The lowest BCUT2D eigenvalue weighted by molar-refractivity contribution is -0.160. The van der Waals surface area contributed by atoms with Crippen LogP contribution in [0.2, 0.25) is 0 Å². The highest BCUT2D eigenvalue weighted by atomic mass is 16.6. The van der Waals surface area contributed by atoms with Crippen LogP contribution in [0, 0.1) is 5.92 Å². The third-order valence-electron chi connectivity index (χ3n) is 1.82. The van der Waals surface area contributed by atoms with Gasteiger partial charge in [-0.1, -0.05) is 13.5 Å². The molecule has 0 radical (unpaired) electrons. The van der Waals surface area contributed by atoms with Crippen molar-refractivity contribution >= 4 is 17.9 Å². The maximum Gasteiger partial charge on any atom is 0.337 e. The summed E-state index contributed by atoms with van der Waals surface area (Å²) in [6.07, 6.45) is 1.17. The van der Waals surface area contributed by atoms with Crippen molar-refractivity contribution in [2.24, 2.45) is 5.92 Å². The molecule has 1 atom stereocenters. The molecule has 0 bridgehead atoms. The predicted molar refractivity (Wildman–Crippen MR) is 51.7 cm³/mol. The molecule has 0 saturated carbocycles. The molecule has 0 aliphatic rings. The SMILES string of the molecule is C=CC(=O)OC(=O)CC(CC)C(=O)OC. The molecule has 0 aromatic carbocycles. The quantitative estimate of drug-likeness (QED) is 0.385. The Morgan fingerprint density at radius 1 is 1.40 bits per heavy atom. The predicted octanol–water partition coefficient (Wildman–Crippen LogP) is 0.831. The van der Waals surface area contributed by atoms with E-state index in [-0.39, 0.29) is 6.42 Å². The molecular weight excluding hydrogens is 200 g/mol. The molecule has 15 heavy (non-hydrogen) atoms. The van der Waals surface area contributed by atoms with Crippen molar-refractivity contribution in [3.05, 3.63) is 12.7 Å². The van der Waals surface area contributed by atoms with Crippen LogP contribution >= 0.6 is 0 Å². The topological polar surface area (TPSA) is 69.7 Å². The van der Waals surface area contributed by atoms with Crippen LogP contribution < -0.4 is 0 Å². The van der Waals surface area contributed by atoms with Crippen LogP contribution in [0.4, 0.5) is 0 Å². The monoisotopic (exact) mass is 214 g/mol. The average molecular weight is 214 g/mol. The standard InChI is InChI=1S/C10H14O5/c1-4-7(10(13)14-3)6-9(12)15-8(11)5-2/h5,7H,2,4,6H2,1,3H3.